The summed E-state index contributed by atoms with van der Waals surface area (Å²) in [5.74, 6) is 0.590. The molecule has 1 atom stereocenters. The first-order chi connectivity index (χ1) is 15.3. The van der Waals surface area contributed by atoms with Gasteiger partial charge in [0.15, 0.2) is 0 Å². The fraction of sp³-hybridized carbons (Fsp3) is 0.455. The van der Waals surface area contributed by atoms with Gasteiger partial charge in [-0.3, -0.25) is 14.2 Å². The number of hydrogen-bond donors (Lipinski definition) is 1. The molecule has 0 radical (unpaired) electrons. The van der Waals surface area contributed by atoms with Crippen LogP contribution in [0.1, 0.15) is 24.8 Å². The molecule has 1 amide bonds. The second-order valence-corrected chi connectivity index (χ2v) is 9.87. The predicted molar refractivity (Wildman–Crippen MR) is 120 cm³/mol. The fourth-order valence-corrected chi connectivity index (χ4v) is 5.42. The Kier molecular flexibility index (Phi) is 8.44. The number of methoxy groups -OCH3 is 1. The van der Waals surface area contributed by atoms with E-state index in [1.807, 2.05) is 0 Å². The van der Waals surface area contributed by atoms with Crippen molar-refractivity contribution in [2.24, 2.45) is 5.92 Å². The van der Waals surface area contributed by atoms with Crippen molar-refractivity contribution in [2.45, 2.75) is 36.6 Å². The maximum atomic E-state index is 13.3. The molecule has 1 aliphatic heterocycles. The number of ether oxygens (including phenoxy) is 1. The summed E-state index contributed by atoms with van der Waals surface area (Å²) in [5.41, 5.74) is 0.774. The highest BCUT2D eigenvalue weighted by molar-refractivity contribution is 7.89. The molecule has 2 heterocycles. The number of piperidine rings is 1. The van der Waals surface area contributed by atoms with Crippen LogP contribution in [0.4, 0.5) is 4.39 Å². The first-order valence-corrected chi connectivity index (χ1v) is 12.3. The van der Waals surface area contributed by atoms with E-state index in [4.69, 9.17) is 16.3 Å². The topological polar surface area (TPSA) is 88.6 Å². The van der Waals surface area contributed by atoms with E-state index in [9.17, 15) is 17.6 Å². The summed E-state index contributed by atoms with van der Waals surface area (Å²) in [7, 11) is -2.54. The lowest BCUT2D eigenvalue weighted by molar-refractivity contribution is -0.134. The normalized spacial score (nSPS) is 16.0. The molecule has 0 saturated carbocycles. The molecule has 2 aromatic rings. The maximum Gasteiger partial charge on any atom is 0.244 e. The summed E-state index contributed by atoms with van der Waals surface area (Å²) < 4.78 is 46.4. The number of amides is 1. The molecule has 1 aromatic heterocycles. The van der Waals surface area contributed by atoms with Crippen LogP contribution in [0.3, 0.4) is 0 Å². The highest BCUT2D eigenvalue weighted by Crippen LogP contribution is 2.24. The van der Waals surface area contributed by atoms with E-state index >= 15 is 0 Å². The van der Waals surface area contributed by atoms with Crippen molar-refractivity contribution in [1.82, 2.24) is 14.6 Å². The second kappa shape index (κ2) is 11.1. The average molecular weight is 484 g/mol. The first kappa shape index (κ1) is 24.4. The molecule has 0 unspecified atom stereocenters. The van der Waals surface area contributed by atoms with Gasteiger partial charge in [0.25, 0.3) is 0 Å². The number of alkyl halides is 1. The molecule has 1 N–H and O–H groups in total. The first-order valence-electron chi connectivity index (χ1n) is 10.4. The second-order valence-electron chi connectivity index (χ2n) is 7.78. The van der Waals surface area contributed by atoms with Crippen molar-refractivity contribution in [2.75, 3.05) is 26.9 Å². The summed E-state index contributed by atoms with van der Waals surface area (Å²) >= 11 is 6.06. The van der Waals surface area contributed by atoms with Gasteiger partial charge in [-0.2, -0.15) is 4.72 Å². The SMILES string of the molecule is COc1ccc(C[C@@H](NS(=O)(=O)c2cnccc2Cl)C(=O)N2CCC(CCF)CC2)cc1. The van der Waals surface area contributed by atoms with Crippen LogP contribution < -0.4 is 9.46 Å². The van der Waals surface area contributed by atoms with Gasteiger partial charge in [-0.15, -0.1) is 0 Å². The number of aromatic nitrogens is 1. The Bertz CT molecular complexity index is 1010. The van der Waals surface area contributed by atoms with Gasteiger partial charge in [0, 0.05) is 25.5 Å². The Morgan fingerprint density at radius 3 is 2.56 bits per heavy atom. The summed E-state index contributed by atoms with van der Waals surface area (Å²) in [6, 6.07) is 7.45. The summed E-state index contributed by atoms with van der Waals surface area (Å²) in [5, 5.41) is 0.0233. The zero-order valence-corrected chi connectivity index (χ0v) is 19.4. The van der Waals surface area contributed by atoms with E-state index < -0.39 is 16.1 Å². The molecule has 1 aromatic carbocycles. The van der Waals surface area contributed by atoms with E-state index in [2.05, 4.69) is 9.71 Å². The highest BCUT2D eigenvalue weighted by atomic mass is 35.5. The van der Waals surface area contributed by atoms with Crippen LogP contribution in [-0.4, -0.2) is 57.1 Å². The minimum atomic E-state index is -4.09. The fourth-order valence-electron chi connectivity index (χ4n) is 3.80. The van der Waals surface area contributed by atoms with Crippen LogP contribution in [0.25, 0.3) is 0 Å². The lowest BCUT2D eigenvalue weighted by Crippen LogP contribution is -2.51. The minimum Gasteiger partial charge on any atom is -0.497 e. The molecule has 1 aliphatic rings. The number of sulfonamides is 1. The molecule has 0 bridgehead atoms. The lowest BCUT2D eigenvalue weighted by Gasteiger charge is -2.34. The van der Waals surface area contributed by atoms with Gasteiger partial charge in [0.05, 0.1) is 18.8 Å². The number of carbonyl (C=O) groups is 1. The average Bonchev–Trinajstić information content (AvgIpc) is 2.79. The number of benzene rings is 1. The molecule has 174 valence electrons. The van der Waals surface area contributed by atoms with Crippen LogP contribution in [0.15, 0.2) is 47.6 Å². The predicted octanol–water partition coefficient (Wildman–Crippen LogP) is 3.23. The highest BCUT2D eigenvalue weighted by Gasteiger charge is 2.32. The molecule has 10 heteroatoms. The van der Waals surface area contributed by atoms with Crippen LogP contribution in [-0.2, 0) is 21.2 Å². The van der Waals surface area contributed by atoms with E-state index in [-0.39, 0.29) is 34.8 Å². The van der Waals surface area contributed by atoms with Crippen molar-refractivity contribution in [1.29, 1.82) is 0 Å². The Morgan fingerprint density at radius 1 is 1.28 bits per heavy atom. The van der Waals surface area contributed by atoms with E-state index in [0.29, 0.717) is 38.1 Å². The van der Waals surface area contributed by atoms with Crippen molar-refractivity contribution in [3.63, 3.8) is 0 Å². The molecule has 0 spiro atoms. The summed E-state index contributed by atoms with van der Waals surface area (Å²) in [6.45, 7) is 0.570. The van der Waals surface area contributed by atoms with Gasteiger partial charge in [-0.25, -0.2) is 8.42 Å². The Morgan fingerprint density at radius 2 is 1.97 bits per heavy atom. The quantitative estimate of drug-likeness (QED) is 0.591. The number of carbonyl (C=O) groups excluding carboxylic acids is 1. The smallest absolute Gasteiger partial charge is 0.244 e. The van der Waals surface area contributed by atoms with Crippen LogP contribution >= 0.6 is 11.6 Å². The van der Waals surface area contributed by atoms with Crippen molar-refractivity contribution in [3.8, 4) is 5.75 Å². The molecule has 0 aliphatic carbocycles. The van der Waals surface area contributed by atoms with Gasteiger partial charge >= 0.3 is 0 Å². The largest absolute Gasteiger partial charge is 0.497 e. The number of hydrogen-bond acceptors (Lipinski definition) is 5. The molecular weight excluding hydrogens is 457 g/mol. The number of nitrogens with one attached hydrogen (secondary N) is 1. The summed E-state index contributed by atoms with van der Waals surface area (Å²) in [6.07, 6.45) is 4.59. The number of pyridine rings is 1. The van der Waals surface area contributed by atoms with E-state index in [1.54, 1.807) is 36.3 Å². The van der Waals surface area contributed by atoms with Gasteiger partial charge in [-0.05, 0) is 55.4 Å². The number of likely N-dealkylation sites (tertiary alicyclic amines) is 1. The molecule has 3 rings (SSSR count). The number of halogens is 2. The number of nitrogens with zero attached hydrogens (tertiary/aromatic N) is 2. The van der Waals surface area contributed by atoms with Gasteiger partial charge < -0.3 is 9.64 Å². The molecule has 1 saturated heterocycles. The van der Waals surface area contributed by atoms with Gasteiger partial charge in [0.1, 0.15) is 16.7 Å². The number of rotatable bonds is 9. The van der Waals surface area contributed by atoms with Crippen LogP contribution in [0.5, 0.6) is 5.75 Å². The van der Waals surface area contributed by atoms with Gasteiger partial charge in [0.2, 0.25) is 15.9 Å². The molecular formula is C22H27ClFN3O4S. The third-order valence-corrected chi connectivity index (χ3v) is 7.60. The molecule has 7 nitrogen and oxygen atoms in total. The zero-order valence-electron chi connectivity index (χ0n) is 17.8. The van der Waals surface area contributed by atoms with E-state index in [0.717, 1.165) is 11.8 Å². The molecule has 32 heavy (non-hydrogen) atoms. The van der Waals surface area contributed by atoms with Crippen molar-refractivity contribution >= 4 is 27.5 Å². The minimum absolute atomic E-state index is 0.0233. The monoisotopic (exact) mass is 483 g/mol. The standard InChI is InChI=1S/C22H27ClFN3O4S/c1-31-18-4-2-17(3-5-18)14-20(22(28)27-12-8-16(6-10-24)9-13-27)26-32(29,30)21-15-25-11-7-19(21)23/h2-5,7,11,15-16,20,26H,6,8-10,12-14H2,1H3/t20-/m1/s1. The van der Waals surface area contributed by atoms with Crippen LogP contribution in [0.2, 0.25) is 5.02 Å². The summed E-state index contributed by atoms with van der Waals surface area (Å²) in [4.78, 5) is 18.6. The Hall–Kier alpha value is -2.23. The maximum absolute atomic E-state index is 13.3. The molecule has 1 fully saturated rings. The Labute approximate surface area is 193 Å². The third-order valence-electron chi connectivity index (χ3n) is 5.66. The van der Waals surface area contributed by atoms with Crippen molar-refractivity contribution in [3.05, 3.63) is 53.3 Å². The van der Waals surface area contributed by atoms with Crippen LogP contribution in [0, 0.1) is 5.92 Å². The third kappa shape index (κ3) is 6.17. The van der Waals surface area contributed by atoms with Gasteiger partial charge in [-0.1, -0.05) is 23.7 Å². The Balaban J connectivity index is 1.82. The zero-order chi connectivity index (χ0) is 23.1. The lowest BCUT2D eigenvalue weighted by atomic mass is 9.93. The van der Waals surface area contributed by atoms with Crippen molar-refractivity contribution < 1.29 is 22.3 Å². The van der Waals surface area contributed by atoms with E-state index in [1.165, 1.54) is 12.3 Å².